The van der Waals surface area contributed by atoms with E-state index in [2.05, 4.69) is 69.0 Å². The SMILES string of the molecule is CCCc1nc(Br)cc(N(C)Cc2ccccc2)n1. The summed E-state index contributed by atoms with van der Waals surface area (Å²) in [6, 6.07) is 12.4. The minimum Gasteiger partial charge on any atom is -0.355 e. The maximum atomic E-state index is 4.60. The minimum atomic E-state index is 0.843. The van der Waals surface area contributed by atoms with Crippen molar-refractivity contribution in [3.8, 4) is 0 Å². The van der Waals surface area contributed by atoms with Gasteiger partial charge in [0.1, 0.15) is 16.2 Å². The van der Waals surface area contributed by atoms with Crippen LogP contribution in [0.2, 0.25) is 0 Å². The van der Waals surface area contributed by atoms with E-state index in [0.717, 1.165) is 35.6 Å². The molecule has 19 heavy (non-hydrogen) atoms. The molecule has 0 amide bonds. The number of hydrogen-bond donors (Lipinski definition) is 0. The lowest BCUT2D eigenvalue weighted by Gasteiger charge is -2.19. The van der Waals surface area contributed by atoms with Crippen LogP contribution in [-0.2, 0) is 13.0 Å². The Bertz CT molecular complexity index is 528. The number of aryl methyl sites for hydroxylation is 1. The van der Waals surface area contributed by atoms with E-state index in [1.807, 2.05) is 12.1 Å². The molecule has 0 unspecified atom stereocenters. The first-order valence-electron chi connectivity index (χ1n) is 6.47. The van der Waals surface area contributed by atoms with Crippen molar-refractivity contribution in [1.82, 2.24) is 9.97 Å². The van der Waals surface area contributed by atoms with E-state index in [9.17, 15) is 0 Å². The van der Waals surface area contributed by atoms with Gasteiger partial charge in [-0.05, 0) is 27.9 Å². The van der Waals surface area contributed by atoms with Crippen LogP contribution in [0, 0.1) is 0 Å². The van der Waals surface area contributed by atoms with Gasteiger partial charge in [0.2, 0.25) is 0 Å². The Morgan fingerprint density at radius 2 is 1.89 bits per heavy atom. The molecule has 0 bridgehead atoms. The molecule has 0 aliphatic heterocycles. The normalized spacial score (nSPS) is 10.5. The zero-order chi connectivity index (χ0) is 13.7. The van der Waals surface area contributed by atoms with Crippen LogP contribution in [0.15, 0.2) is 41.0 Å². The molecule has 100 valence electrons. The summed E-state index contributed by atoms with van der Waals surface area (Å²) in [6.45, 7) is 2.98. The molecule has 4 heteroatoms. The highest BCUT2D eigenvalue weighted by Crippen LogP contribution is 2.18. The van der Waals surface area contributed by atoms with Crippen LogP contribution in [0.25, 0.3) is 0 Å². The van der Waals surface area contributed by atoms with Gasteiger partial charge >= 0.3 is 0 Å². The molecule has 0 aliphatic rings. The molecule has 3 nitrogen and oxygen atoms in total. The van der Waals surface area contributed by atoms with Gasteiger partial charge in [-0.1, -0.05) is 37.3 Å². The third kappa shape index (κ3) is 4.03. The van der Waals surface area contributed by atoms with Crippen molar-refractivity contribution >= 4 is 21.7 Å². The van der Waals surface area contributed by atoms with Crippen LogP contribution in [0.5, 0.6) is 0 Å². The summed E-state index contributed by atoms with van der Waals surface area (Å²) in [7, 11) is 2.05. The van der Waals surface area contributed by atoms with Gasteiger partial charge in [0.25, 0.3) is 0 Å². The molecule has 1 aromatic heterocycles. The van der Waals surface area contributed by atoms with Gasteiger partial charge in [-0.3, -0.25) is 0 Å². The lowest BCUT2D eigenvalue weighted by molar-refractivity contribution is 0.806. The van der Waals surface area contributed by atoms with E-state index in [-0.39, 0.29) is 0 Å². The Kier molecular flexibility index (Phi) is 4.91. The molecule has 2 rings (SSSR count). The second-order valence-electron chi connectivity index (χ2n) is 4.56. The summed E-state index contributed by atoms with van der Waals surface area (Å²) >= 11 is 3.46. The van der Waals surface area contributed by atoms with E-state index in [1.54, 1.807) is 0 Å². The molecule has 0 saturated carbocycles. The minimum absolute atomic E-state index is 0.843. The summed E-state index contributed by atoms with van der Waals surface area (Å²) in [4.78, 5) is 11.1. The molecule has 1 aromatic carbocycles. The third-order valence-corrected chi connectivity index (χ3v) is 3.26. The fourth-order valence-electron chi connectivity index (χ4n) is 1.92. The second-order valence-corrected chi connectivity index (χ2v) is 5.37. The lowest BCUT2D eigenvalue weighted by atomic mass is 10.2. The number of rotatable bonds is 5. The number of nitrogens with zero attached hydrogens (tertiary/aromatic N) is 3. The molecule has 1 heterocycles. The van der Waals surface area contributed by atoms with E-state index in [0.29, 0.717) is 0 Å². The second kappa shape index (κ2) is 6.66. The summed E-state index contributed by atoms with van der Waals surface area (Å²) in [5.74, 6) is 1.85. The average molecular weight is 320 g/mol. The quantitative estimate of drug-likeness (QED) is 0.784. The van der Waals surface area contributed by atoms with Crippen molar-refractivity contribution in [2.75, 3.05) is 11.9 Å². The van der Waals surface area contributed by atoms with Crippen LogP contribution in [0.4, 0.5) is 5.82 Å². The Balaban J connectivity index is 2.16. The fourth-order valence-corrected chi connectivity index (χ4v) is 2.33. The number of halogens is 1. The highest BCUT2D eigenvalue weighted by molar-refractivity contribution is 9.10. The highest BCUT2D eigenvalue weighted by atomic mass is 79.9. The molecule has 0 spiro atoms. The van der Waals surface area contributed by atoms with Crippen LogP contribution in [0.3, 0.4) is 0 Å². The summed E-state index contributed by atoms with van der Waals surface area (Å²) < 4.78 is 0.848. The predicted octanol–water partition coefficient (Wildman–Crippen LogP) is 3.83. The smallest absolute Gasteiger partial charge is 0.133 e. The van der Waals surface area contributed by atoms with Crippen LogP contribution < -0.4 is 4.90 Å². The average Bonchev–Trinajstić information content (AvgIpc) is 2.39. The molecule has 0 aliphatic carbocycles. The summed E-state index contributed by atoms with van der Waals surface area (Å²) in [5, 5.41) is 0. The standard InChI is InChI=1S/C15H18BrN3/c1-3-7-14-17-13(16)10-15(18-14)19(2)11-12-8-5-4-6-9-12/h4-6,8-10H,3,7,11H2,1-2H3. The Morgan fingerprint density at radius 1 is 1.16 bits per heavy atom. The zero-order valence-corrected chi connectivity index (χ0v) is 12.9. The molecule has 0 saturated heterocycles. The Hall–Kier alpha value is -1.42. The van der Waals surface area contributed by atoms with E-state index in [1.165, 1.54) is 5.56 Å². The van der Waals surface area contributed by atoms with Gasteiger partial charge in [-0.25, -0.2) is 9.97 Å². The molecule has 0 atom stereocenters. The van der Waals surface area contributed by atoms with Crippen molar-refractivity contribution in [3.05, 3.63) is 52.4 Å². The largest absolute Gasteiger partial charge is 0.355 e. The predicted molar refractivity (Wildman–Crippen MR) is 82.3 cm³/mol. The number of aromatic nitrogens is 2. The van der Waals surface area contributed by atoms with E-state index >= 15 is 0 Å². The van der Waals surface area contributed by atoms with Crippen molar-refractivity contribution < 1.29 is 0 Å². The first kappa shape index (κ1) is 14.0. The van der Waals surface area contributed by atoms with Gasteiger partial charge in [0.05, 0.1) is 0 Å². The maximum absolute atomic E-state index is 4.60. The number of benzene rings is 1. The van der Waals surface area contributed by atoms with E-state index < -0.39 is 0 Å². The highest BCUT2D eigenvalue weighted by Gasteiger charge is 2.07. The number of hydrogen-bond acceptors (Lipinski definition) is 3. The van der Waals surface area contributed by atoms with Crippen molar-refractivity contribution in [2.24, 2.45) is 0 Å². The fraction of sp³-hybridized carbons (Fsp3) is 0.333. The van der Waals surface area contributed by atoms with Crippen molar-refractivity contribution in [3.63, 3.8) is 0 Å². The first-order valence-corrected chi connectivity index (χ1v) is 7.27. The topological polar surface area (TPSA) is 29.0 Å². The van der Waals surface area contributed by atoms with Crippen LogP contribution >= 0.6 is 15.9 Å². The third-order valence-electron chi connectivity index (χ3n) is 2.85. The summed E-state index contributed by atoms with van der Waals surface area (Å²) in [5.41, 5.74) is 1.27. The molecule has 0 N–H and O–H groups in total. The molecule has 0 radical (unpaired) electrons. The Labute approximate surface area is 122 Å². The lowest BCUT2D eigenvalue weighted by Crippen LogP contribution is -2.18. The maximum Gasteiger partial charge on any atom is 0.133 e. The van der Waals surface area contributed by atoms with E-state index in [4.69, 9.17) is 0 Å². The van der Waals surface area contributed by atoms with Crippen LogP contribution in [-0.4, -0.2) is 17.0 Å². The van der Waals surface area contributed by atoms with Gasteiger partial charge < -0.3 is 4.90 Å². The van der Waals surface area contributed by atoms with Gasteiger partial charge in [-0.15, -0.1) is 0 Å². The Morgan fingerprint density at radius 3 is 2.58 bits per heavy atom. The van der Waals surface area contributed by atoms with Crippen LogP contribution in [0.1, 0.15) is 24.7 Å². The number of anilines is 1. The zero-order valence-electron chi connectivity index (χ0n) is 11.3. The molecular formula is C15H18BrN3. The van der Waals surface area contributed by atoms with Gasteiger partial charge in [0, 0.05) is 26.1 Å². The van der Waals surface area contributed by atoms with Gasteiger partial charge in [0.15, 0.2) is 0 Å². The van der Waals surface area contributed by atoms with Crippen molar-refractivity contribution in [1.29, 1.82) is 0 Å². The summed E-state index contributed by atoms with van der Waals surface area (Å²) in [6.07, 6.45) is 1.96. The van der Waals surface area contributed by atoms with Gasteiger partial charge in [-0.2, -0.15) is 0 Å². The van der Waals surface area contributed by atoms with Crippen molar-refractivity contribution in [2.45, 2.75) is 26.3 Å². The molecular weight excluding hydrogens is 302 g/mol. The molecule has 0 fully saturated rings. The first-order chi connectivity index (χ1) is 9.19. The molecule has 2 aromatic rings. The monoisotopic (exact) mass is 319 g/mol.